The number of hydrogen-bond acceptors (Lipinski definition) is 4. The Hall–Kier alpha value is -3.10. The van der Waals surface area contributed by atoms with Gasteiger partial charge in [0.25, 0.3) is 0 Å². The van der Waals surface area contributed by atoms with Crippen LogP contribution < -0.4 is 5.32 Å². The zero-order valence-electron chi connectivity index (χ0n) is 11.6. The number of rotatable bonds is 3. The number of hydrogen-bond donors (Lipinski definition) is 1. The largest absolute Gasteiger partial charge is 0.324 e. The van der Waals surface area contributed by atoms with E-state index in [1.807, 2.05) is 0 Å². The van der Waals surface area contributed by atoms with E-state index in [4.69, 9.17) is 0 Å². The van der Waals surface area contributed by atoms with Crippen LogP contribution in [-0.2, 0) is 4.79 Å². The predicted molar refractivity (Wildman–Crippen MR) is 75.7 cm³/mol. The minimum Gasteiger partial charge on any atom is -0.324 e. The highest BCUT2D eigenvalue weighted by Gasteiger charge is 2.26. The number of nitrogens with zero attached hydrogens (tertiary/aromatic N) is 3. The second kappa shape index (κ2) is 5.59. The zero-order valence-corrected chi connectivity index (χ0v) is 11.6. The molecule has 0 aliphatic carbocycles. The third-order valence-corrected chi connectivity index (χ3v) is 3.41. The van der Waals surface area contributed by atoms with E-state index in [1.165, 1.54) is 6.07 Å². The van der Waals surface area contributed by atoms with Crippen molar-refractivity contribution in [1.82, 2.24) is 15.1 Å². The fourth-order valence-corrected chi connectivity index (χ4v) is 2.36. The summed E-state index contributed by atoms with van der Waals surface area (Å²) in [5.41, 5.74) is -0.451. The Labute approximate surface area is 128 Å². The first-order chi connectivity index (χ1) is 11.0. The number of nitrogens with one attached hydrogen (secondary N) is 1. The van der Waals surface area contributed by atoms with Crippen molar-refractivity contribution in [1.29, 1.82) is 0 Å². The fourth-order valence-electron chi connectivity index (χ4n) is 2.36. The van der Waals surface area contributed by atoms with Crippen LogP contribution in [-0.4, -0.2) is 20.6 Å². The summed E-state index contributed by atoms with van der Waals surface area (Å²) in [5, 5.41) is 17.0. The molecule has 1 aromatic carbocycles. The van der Waals surface area contributed by atoms with Gasteiger partial charge in [-0.1, -0.05) is 6.07 Å². The number of aromatic nitrogens is 2. The van der Waals surface area contributed by atoms with Crippen molar-refractivity contribution in [3.8, 4) is 0 Å². The monoisotopic (exact) mass is 320 g/mol. The van der Waals surface area contributed by atoms with Gasteiger partial charge in [-0.15, -0.1) is 0 Å². The van der Waals surface area contributed by atoms with Crippen LogP contribution in [0.4, 0.5) is 14.5 Å². The molecule has 0 atom stereocenters. The standard InChI is InChI=1S/C14H10F2N4O3/c15-9-2-1-3-10(16)13(9)14-11(4-5-12(21)18-14)19-7-8(6-17-19)20(22)23/h1-3,6-7H,4-5H2,(H,18,21). The summed E-state index contributed by atoms with van der Waals surface area (Å²) in [5.74, 6) is -2.09. The molecule has 0 saturated carbocycles. The second-order valence-corrected chi connectivity index (χ2v) is 4.87. The van der Waals surface area contributed by atoms with E-state index >= 15 is 0 Å². The number of amides is 1. The maximum absolute atomic E-state index is 14.0. The van der Waals surface area contributed by atoms with Gasteiger partial charge in [0, 0.05) is 12.8 Å². The molecule has 1 aliphatic heterocycles. The van der Waals surface area contributed by atoms with E-state index in [0.717, 1.165) is 29.2 Å². The summed E-state index contributed by atoms with van der Waals surface area (Å²) in [7, 11) is 0. The molecule has 23 heavy (non-hydrogen) atoms. The Balaban J connectivity index is 2.19. The number of halogens is 2. The lowest BCUT2D eigenvalue weighted by atomic mass is 10.0. The smallest absolute Gasteiger partial charge is 0.307 e. The molecule has 2 aromatic rings. The molecule has 0 fully saturated rings. The van der Waals surface area contributed by atoms with E-state index in [0.29, 0.717) is 0 Å². The van der Waals surface area contributed by atoms with Crippen LogP contribution in [0.25, 0.3) is 11.4 Å². The van der Waals surface area contributed by atoms with E-state index in [1.54, 1.807) is 0 Å². The van der Waals surface area contributed by atoms with E-state index in [2.05, 4.69) is 10.4 Å². The van der Waals surface area contributed by atoms with Gasteiger partial charge in [0.2, 0.25) is 5.91 Å². The number of benzene rings is 1. The summed E-state index contributed by atoms with van der Waals surface area (Å²) in [6.45, 7) is 0. The van der Waals surface area contributed by atoms with Gasteiger partial charge < -0.3 is 5.32 Å². The van der Waals surface area contributed by atoms with Gasteiger partial charge in [0.15, 0.2) is 0 Å². The Morgan fingerprint density at radius 2 is 1.96 bits per heavy atom. The van der Waals surface area contributed by atoms with Gasteiger partial charge in [0.1, 0.15) is 24.0 Å². The molecule has 1 aliphatic rings. The van der Waals surface area contributed by atoms with Crippen molar-refractivity contribution in [3.05, 3.63) is 57.9 Å². The first-order valence-corrected chi connectivity index (χ1v) is 6.64. The lowest BCUT2D eigenvalue weighted by Crippen LogP contribution is -2.29. The van der Waals surface area contributed by atoms with Gasteiger partial charge in [-0.2, -0.15) is 5.10 Å². The van der Waals surface area contributed by atoms with Gasteiger partial charge >= 0.3 is 5.69 Å². The van der Waals surface area contributed by atoms with E-state index < -0.39 is 28.0 Å². The molecule has 1 N–H and O–H groups in total. The third kappa shape index (κ3) is 2.68. The van der Waals surface area contributed by atoms with E-state index in [-0.39, 0.29) is 29.9 Å². The van der Waals surface area contributed by atoms with Crippen molar-refractivity contribution in [3.63, 3.8) is 0 Å². The molecule has 0 unspecified atom stereocenters. The quantitative estimate of drug-likeness (QED) is 0.694. The van der Waals surface area contributed by atoms with Crippen molar-refractivity contribution >= 4 is 23.0 Å². The van der Waals surface area contributed by atoms with Crippen LogP contribution in [0.2, 0.25) is 0 Å². The molecule has 3 rings (SSSR count). The minimum atomic E-state index is -0.846. The Morgan fingerprint density at radius 3 is 2.57 bits per heavy atom. The maximum Gasteiger partial charge on any atom is 0.307 e. The van der Waals surface area contributed by atoms with Gasteiger partial charge in [-0.25, -0.2) is 13.5 Å². The topological polar surface area (TPSA) is 90.1 Å². The number of carbonyl (C=O) groups excluding carboxylic acids is 1. The average Bonchev–Trinajstić information content (AvgIpc) is 2.97. The highest BCUT2D eigenvalue weighted by atomic mass is 19.1. The van der Waals surface area contributed by atoms with Crippen LogP contribution in [0, 0.1) is 21.7 Å². The lowest BCUT2D eigenvalue weighted by Gasteiger charge is -2.21. The van der Waals surface area contributed by atoms with Gasteiger partial charge in [-0.05, 0) is 12.1 Å². The first-order valence-electron chi connectivity index (χ1n) is 6.64. The number of carbonyl (C=O) groups is 1. The lowest BCUT2D eigenvalue weighted by molar-refractivity contribution is -0.384. The van der Waals surface area contributed by atoms with Crippen LogP contribution in [0.15, 0.2) is 30.6 Å². The predicted octanol–water partition coefficient (Wildman–Crippen LogP) is 2.31. The molecule has 118 valence electrons. The Bertz CT molecular complexity index is 824. The van der Waals surface area contributed by atoms with Crippen LogP contribution >= 0.6 is 0 Å². The molecule has 0 spiro atoms. The summed E-state index contributed by atoms with van der Waals surface area (Å²) in [4.78, 5) is 21.8. The van der Waals surface area contributed by atoms with Crippen LogP contribution in [0.3, 0.4) is 0 Å². The van der Waals surface area contributed by atoms with Crippen molar-refractivity contribution < 1.29 is 18.5 Å². The molecule has 9 heteroatoms. The van der Waals surface area contributed by atoms with E-state index in [9.17, 15) is 23.7 Å². The van der Waals surface area contributed by atoms with Gasteiger partial charge in [0.05, 0.1) is 21.9 Å². The SMILES string of the molecule is O=C1CCC(n2cc([N+](=O)[O-])cn2)=C(c2c(F)cccc2F)N1. The summed E-state index contributed by atoms with van der Waals surface area (Å²) in [6.07, 6.45) is 2.39. The molecule has 7 nitrogen and oxygen atoms in total. The highest BCUT2D eigenvalue weighted by molar-refractivity contribution is 5.97. The highest BCUT2D eigenvalue weighted by Crippen LogP contribution is 2.30. The molecule has 0 bridgehead atoms. The fraction of sp³-hybridized carbons (Fsp3) is 0.143. The summed E-state index contributed by atoms with van der Waals surface area (Å²) in [6, 6.07) is 3.34. The third-order valence-electron chi connectivity index (χ3n) is 3.41. The molecule has 0 saturated heterocycles. The molecule has 1 aromatic heterocycles. The Kier molecular flexibility index (Phi) is 3.61. The van der Waals surface area contributed by atoms with Crippen molar-refractivity contribution in [2.45, 2.75) is 12.8 Å². The van der Waals surface area contributed by atoms with Crippen molar-refractivity contribution in [2.24, 2.45) is 0 Å². The van der Waals surface area contributed by atoms with Gasteiger partial charge in [-0.3, -0.25) is 14.9 Å². The molecule has 0 radical (unpaired) electrons. The maximum atomic E-state index is 14.0. The van der Waals surface area contributed by atoms with Crippen molar-refractivity contribution in [2.75, 3.05) is 0 Å². The minimum absolute atomic E-state index is 0.0742. The molecule has 2 heterocycles. The molecular formula is C14H10F2N4O3. The number of nitro groups is 1. The number of allylic oxidation sites excluding steroid dienone is 1. The Morgan fingerprint density at radius 1 is 1.26 bits per heavy atom. The van der Waals surface area contributed by atoms with Crippen LogP contribution in [0.5, 0.6) is 0 Å². The molecular weight excluding hydrogens is 310 g/mol. The van der Waals surface area contributed by atoms with Crippen LogP contribution in [0.1, 0.15) is 18.4 Å². The zero-order chi connectivity index (χ0) is 16.6. The first kappa shape index (κ1) is 14.8. The summed E-state index contributed by atoms with van der Waals surface area (Å²) >= 11 is 0. The summed E-state index contributed by atoms with van der Waals surface area (Å²) < 4.78 is 29.2. The second-order valence-electron chi connectivity index (χ2n) is 4.87. The average molecular weight is 320 g/mol. The normalized spacial score (nSPS) is 14.8. The molecule has 1 amide bonds.